The maximum Gasteiger partial charge on any atom is 0.0497 e. The van der Waals surface area contributed by atoms with Crippen molar-refractivity contribution in [2.75, 3.05) is 0 Å². The molecule has 1 aliphatic carbocycles. The van der Waals surface area contributed by atoms with Crippen LogP contribution in [0.3, 0.4) is 0 Å². The molecule has 0 spiro atoms. The van der Waals surface area contributed by atoms with Gasteiger partial charge in [0.05, 0.1) is 0 Å². The van der Waals surface area contributed by atoms with Crippen LogP contribution in [0.1, 0.15) is 69.0 Å². The van der Waals surface area contributed by atoms with E-state index in [4.69, 9.17) is 5.84 Å². The second kappa shape index (κ2) is 6.88. The minimum atomic E-state index is 0.241. The van der Waals surface area contributed by atoms with Crippen molar-refractivity contribution >= 4 is 0 Å². The largest absolute Gasteiger partial charge is 0.271 e. The third-order valence-corrected chi connectivity index (χ3v) is 4.06. The summed E-state index contributed by atoms with van der Waals surface area (Å²) in [5.41, 5.74) is 7.21. The lowest BCUT2D eigenvalue weighted by atomic mass is 9.91. The van der Waals surface area contributed by atoms with E-state index in [0.29, 0.717) is 5.92 Å². The summed E-state index contributed by atoms with van der Waals surface area (Å²) in [6.45, 7) is 4.45. The zero-order valence-electron chi connectivity index (χ0n) is 12.2. The molecule has 0 amide bonds. The Kier molecular flexibility index (Phi) is 5.17. The van der Waals surface area contributed by atoms with Crippen LogP contribution >= 0.6 is 0 Å². The van der Waals surface area contributed by atoms with Gasteiger partial charge in [0.25, 0.3) is 0 Å². The standard InChI is InChI=1S/C17H26N2/c1-13(2)15-8-10-16(11-9-15)17(19-18)12-14-6-4-3-5-7-14/h6,8-11,13,17,19H,3-5,7,12,18H2,1-2H3. The average molecular weight is 258 g/mol. The Morgan fingerprint density at radius 2 is 1.79 bits per heavy atom. The summed E-state index contributed by atoms with van der Waals surface area (Å²) in [4.78, 5) is 0. The summed E-state index contributed by atoms with van der Waals surface area (Å²) in [7, 11) is 0. The van der Waals surface area contributed by atoms with Crippen LogP contribution in [0.4, 0.5) is 0 Å². The molecule has 1 atom stereocenters. The van der Waals surface area contributed by atoms with Crippen LogP contribution < -0.4 is 11.3 Å². The Bertz CT molecular complexity index is 417. The van der Waals surface area contributed by atoms with Gasteiger partial charge in [0.15, 0.2) is 0 Å². The number of nitrogens with two attached hydrogens (primary N) is 1. The predicted molar refractivity (Wildman–Crippen MR) is 81.8 cm³/mol. The SMILES string of the molecule is CC(C)c1ccc(C(CC2=CCCCC2)NN)cc1. The molecule has 0 aromatic heterocycles. The summed E-state index contributed by atoms with van der Waals surface area (Å²) in [6.07, 6.45) is 8.58. The first-order valence-corrected chi connectivity index (χ1v) is 7.44. The highest BCUT2D eigenvalue weighted by molar-refractivity contribution is 5.28. The van der Waals surface area contributed by atoms with Gasteiger partial charge in [-0.25, -0.2) is 0 Å². The molecule has 1 aromatic rings. The van der Waals surface area contributed by atoms with E-state index < -0.39 is 0 Å². The predicted octanol–water partition coefficient (Wildman–Crippen LogP) is 4.20. The molecule has 0 bridgehead atoms. The van der Waals surface area contributed by atoms with Gasteiger partial charge in [0.1, 0.15) is 0 Å². The first-order valence-electron chi connectivity index (χ1n) is 7.44. The maximum atomic E-state index is 5.74. The Morgan fingerprint density at radius 3 is 2.32 bits per heavy atom. The maximum absolute atomic E-state index is 5.74. The van der Waals surface area contributed by atoms with Crippen LogP contribution in [-0.4, -0.2) is 0 Å². The summed E-state index contributed by atoms with van der Waals surface area (Å²) < 4.78 is 0. The molecule has 2 nitrogen and oxygen atoms in total. The lowest BCUT2D eigenvalue weighted by molar-refractivity contribution is 0.528. The number of hydrazine groups is 1. The second-order valence-electron chi connectivity index (χ2n) is 5.85. The van der Waals surface area contributed by atoms with Crippen molar-refractivity contribution in [2.45, 2.75) is 57.9 Å². The van der Waals surface area contributed by atoms with Gasteiger partial charge in [-0.2, -0.15) is 0 Å². The lowest BCUT2D eigenvalue weighted by Crippen LogP contribution is -2.28. The highest BCUT2D eigenvalue weighted by atomic mass is 15.2. The molecule has 1 aliphatic rings. The number of rotatable bonds is 5. The van der Waals surface area contributed by atoms with E-state index in [1.54, 1.807) is 5.57 Å². The Labute approximate surface area is 117 Å². The quantitative estimate of drug-likeness (QED) is 0.472. The molecular formula is C17H26N2. The second-order valence-corrected chi connectivity index (χ2v) is 5.85. The van der Waals surface area contributed by atoms with E-state index in [1.165, 1.54) is 36.8 Å². The molecule has 1 aromatic carbocycles. The smallest absolute Gasteiger partial charge is 0.0497 e. The highest BCUT2D eigenvalue weighted by Crippen LogP contribution is 2.28. The fourth-order valence-electron chi connectivity index (χ4n) is 2.74. The first kappa shape index (κ1) is 14.3. The minimum absolute atomic E-state index is 0.241. The molecule has 0 fully saturated rings. The molecule has 2 heteroatoms. The van der Waals surface area contributed by atoms with E-state index in [-0.39, 0.29) is 6.04 Å². The van der Waals surface area contributed by atoms with Crippen LogP contribution in [-0.2, 0) is 0 Å². The average Bonchev–Trinajstić information content (AvgIpc) is 2.46. The van der Waals surface area contributed by atoms with Crippen LogP contribution in [0.15, 0.2) is 35.9 Å². The van der Waals surface area contributed by atoms with Gasteiger partial charge in [-0.05, 0) is 49.1 Å². The van der Waals surface area contributed by atoms with Crippen molar-refractivity contribution in [1.29, 1.82) is 0 Å². The molecular weight excluding hydrogens is 232 g/mol. The molecule has 0 saturated heterocycles. The van der Waals surface area contributed by atoms with Crippen molar-refractivity contribution in [3.63, 3.8) is 0 Å². The highest BCUT2D eigenvalue weighted by Gasteiger charge is 2.13. The van der Waals surface area contributed by atoms with E-state index in [0.717, 1.165) is 6.42 Å². The Hall–Kier alpha value is -1.12. The molecule has 19 heavy (non-hydrogen) atoms. The van der Waals surface area contributed by atoms with Crippen molar-refractivity contribution < 1.29 is 0 Å². The van der Waals surface area contributed by atoms with E-state index >= 15 is 0 Å². The van der Waals surface area contributed by atoms with E-state index in [1.807, 2.05) is 0 Å². The topological polar surface area (TPSA) is 38.0 Å². The monoisotopic (exact) mass is 258 g/mol. The molecule has 2 rings (SSSR count). The minimum Gasteiger partial charge on any atom is -0.271 e. The third kappa shape index (κ3) is 3.92. The number of allylic oxidation sites excluding steroid dienone is 1. The van der Waals surface area contributed by atoms with Gasteiger partial charge >= 0.3 is 0 Å². The number of hydrogen-bond acceptors (Lipinski definition) is 2. The molecule has 0 aliphatic heterocycles. The summed E-state index contributed by atoms with van der Waals surface area (Å²) in [5, 5.41) is 0. The van der Waals surface area contributed by atoms with Crippen molar-refractivity contribution in [3.8, 4) is 0 Å². The zero-order chi connectivity index (χ0) is 13.7. The van der Waals surface area contributed by atoms with Gasteiger partial charge in [-0.15, -0.1) is 0 Å². The van der Waals surface area contributed by atoms with E-state index in [9.17, 15) is 0 Å². The van der Waals surface area contributed by atoms with Crippen LogP contribution in [0, 0.1) is 0 Å². The first-order chi connectivity index (χ1) is 9.20. The third-order valence-electron chi connectivity index (χ3n) is 4.06. The lowest BCUT2D eigenvalue weighted by Gasteiger charge is -2.21. The van der Waals surface area contributed by atoms with Crippen LogP contribution in [0.5, 0.6) is 0 Å². The molecule has 1 unspecified atom stereocenters. The van der Waals surface area contributed by atoms with Crippen molar-refractivity contribution in [2.24, 2.45) is 5.84 Å². The zero-order valence-corrected chi connectivity index (χ0v) is 12.2. The Morgan fingerprint density at radius 1 is 1.11 bits per heavy atom. The van der Waals surface area contributed by atoms with E-state index in [2.05, 4.69) is 49.6 Å². The fourth-order valence-corrected chi connectivity index (χ4v) is 2.74. The normalized spacial score (nSPS) is 17.4. The molecule has 0 heterocycles. The number of nitrogens with one attached hydrogen (secondary N) is 1. The molecule has 3 N–H and O–H groups in total. The van der Waals surface area contributed by atoms with Gasteiger partial charge in [-0.3, -0.25) is 11.3 Å². The number of benzene rings is 1. The van der Waals surface area contributed by atoms with Crippen LogP contribution in [0.2, 0.25) is 0 Å². The summed E-state index contributed by atoms with van der Waals surface area (Å²) in [6, 6.07) is 9.11. The number of hydrogen-bond donors (Lipinski definition) is 2. The summed E-state index contributed by atoms with van der Waals surface area (Å²) in [5.74, 6) is 6.33. The summed E-state index contributed by atoms with van der Waals surface area (Å²) >= 11 is 0. The van der Waals surface area contributed by atoms with Gasteiger partial charge < -0.3 is 0 Å². The molecule has 0 saturated carbocycles. The van der Waals surface area contributed by atoms with Crippen molar-refractivity contribution in [3.05, 3.63) is 47.0 Å². The van der Waals surface area contributed by atoms with Gasteiger partial charge in [0, 0.05) is 6.04 Å². The fraction of sp³-hybridized carbons (Fsp3) is 0.529. The molecule has 0 radical (unpaired) electrons. The van der Waals surface area contributed by atoms with Crippen LogP contribution in [0.25, 0.3) is 0 Å². The van der Waals surface area contributed by atoms with Crippen molar-refractivity contribution in [1.82, 2.24) is 5.43 Å². The molecule has 104 valence electrons. The van der Waals surface area contributed by atoms with Gasteiger partial charge in [0.2, 0.25) is 0 Å². The Balaban J connectivity index is 2.06. The van der Waals surface area contributed by atoms with Gasteiger partial charge in [-0.1, -0.05) is 49.8 Å².